The van der Waals surface area contributed by atoms with Gasteiger partial charge in [0.1, 0.15) is 11.2 Å². The molecule has 0 aliphatic carbocycles. The second-order valence-corrected chi connectivity index (χ2v) is 5.24. The van der Waals surface area contributed by atoms with Crippen LogP contribution in [0.1, 0.15) is 4.88 Å². The third kappa shape index (κ3) is 2.18. The van der Waals surface area contributed by atoms with E-state index in [-0.39, 0.29) is 0 Å². The van der Waals surface area contributed by atoms with E-state index in [1.54, 1.807) is 17.5 Å². The number of ether oxygens (including phenoxy) is 1. The number of hydrogen-bond acceptors (Lipinski definition) is 4. The second-order valence-electron chi connectivity index (χ2n) is 3.39. The number of fused-ring (bicyclic) bond motifs is 1. The zero-order valence-corrected chi connectivity index (χ0v) is 11.1. The lowest BCUT2D eigenvalue weighted by Crippen LogP contribution is -1.99. The summed E-state index contributed by atoms with van der Waals surface area (Å²) in [5.41, 5.74) is 0.727. The standard InChI is InChI=1S/C11H8BrN3OS/c12-9-6-15-4-3-13-10(15)11(14-9)16-7-8-2-1-5-17-8/h1-6H,7H2. The average molecular weight is 310 g/mol. The molecule has 0 radical (unpaired) electrons. The van der Waals surface area contributed by atoms with Gasteiger partial charge in [0.25, 0.3) is 5.88 Å². The maximum absolute atomic E-state index is 5.69. The van der Waals surface area contributed by atoms with Crippen LogP contribution in [0.2, 0.25) is 0 Å². The fourth-order valence-corrected chi connectivity index (χ4v) is 2.50. The molecule has 0 atom stereocenters. The zero-order valence-electron chi connectivity index (χ0n) is 8.71. The van der Waals surface area contributed by atoms with Gasteiger partial charge in [-0.15, -0.1) is 11.3 Å². The highest BCUT2D eigenvalue weighted by Crippen LogP contribution is 2.20. The van der Waals surface area contributed by atoms with Crippen LogP contribution in [0.25, 0.3) is 5.65 Å². The van der Waals surface area contributed by atoms with E-state index in [2.05, 4.69) is 25.9 Å². The minimum atomic E-state index is 0.518. The molecule has 6 heteroatoms. The number of thiophene rings is 1. The summed E-state index contributed by atoms with van der Waals surface area (Å²) in [6, 6.07) is 4.04. The van der Waals surface area contributed by atoms with Crippen LogP contribution in [0.5, 0.6) is 5.88 Å². The lowest BCUT2D eigenvalue weighted by molar-refractivity contribution is 0.298. The normalized spacial score (nSPS) is 10.9. The minimum Gasteiger partial charge on any atom is -0.469 e. The van der Waals surface area contributed by atoms with Crippen molar-refractivity contribution in [3.8, 4) is 5.88 Å². The van der Waals surface area contributed by atoms with Crippen molar-refractivity contribution in [2.24, 2.45) is 0 Å². The monoisotopic (exact) mass is 309 g/mol. The summed E-state index contributed by atoms with van der Waals surface area (Å²) in [6.45, 7) is 0.518. The highest BCUT2D eigenvalue weighted by Gasteiger charge is 2.08. The van der Waals surface area contributed by atoms with Crippen molar-refractivity contribution >= 4 is 32.9 Å². The van der Waals surface area contributed by atoms with Crippen LogP contribution in [-0.2, 0) is 6.61 Å². The Hall–Kier alpha value is -1.40. The Labute approximate surface area is 110 Å². The molecule has 86 valence electrons. The molecule has 0 saturated carbocycles. The molecule has 3 rings (SSSR count). The minimum absolute atomic E-state index is 0.518. The highest BCUT2D eigenvalue weighted by atomic mass is 79.9. The van der Waals surface area contributed by atoms with Crippen molar-refractivity contribution in [1.82, 2.24) is 14.4 Å². The second kappa shape index (κ2) is 4.46. The first-order valence-electron chi connectivity index (χ1n) is 4.97. The number of aromatic nitrogens is 3. The first kappa shape index (κ1) is 10.7. The van der Waals surface area contributed by atoms with E-state index in [1.165, 1.54) is 0 Å². The molecule has 0 bridgehead atoms. The molecule has 3 aromatic rings. The van der Waals surface area contributed by atoms with E-state index in [9.17, 15) is 0 Å². The SMILES string of the molecule is Brc1cn2ccnc2c(OCc2cccs2)n1. The Balaban J connectivity index is 1.91. The smallest absolute Gasteiger partial charge is 0.259 e. The summed E-state index contributed by atoms with van der Waals surface area (Å²) in [6.07, 6.45) is 5.43. The molecular weight excluding hydrogens is 302 g/mol. The van der Waals surface area contributed by atoms with E-state index in [0.717, 1.165) is 15.1 Å². The van der Waals surface area contributed by atoms with Gasteiger partial charge in [-0.2, -0.15) is 0 Å². The quantitative estimate of drug-likeness (QED) is 0.746. The average Bonchev–Trinajstić information content (AvgIpc) is 2.95. The van der Waals surface area contributed by atoms with Crippen molar-refractivity contribution in [3.05, 3.63) is 45.6 Å². The van der Waals surface area contributed by atoms with Gasteiger partial charge in [0.05, 0.1) is 0 Å². The molecule has 3 heterocycles. The molecule has 0 amide bonds. The number of rotatable bonds is 3. The molecule has 3 aromatic heterocycles. The van der Waals surface area contributed by atoms with Gasteiger partial charge in [0, 0.05) is 23.5 Å². The molecule has 0 aromatic carbocycles. The van der Waals surface area contributed by atoms with Gasteiger partial charge in [-0.3, -0.25) is 4.40 Å². The number of hydrogen-bond donors (Lipinski definition) is 0. The molecular formula is C11H8BrN3OS. The van der Waals surface area contributed by atoms with Crippen molar-refractivity contribution in [3.63, 3.8) is 0 Å². The molecule has 0 aliphatic heterocycles. The van der Waals surface area contributed by atoms with Gasteiger partial charge >= 0.3 is 0 Å². The topological polar surface area (TPSA) is 39.4 Å². The Kier molecular flexibility index (Phi) is 2.82. The van der Waals surface area contributed by atoms with Crippen molar-refractivity contribution in [2.45, 2.75) is 6.61 Å². The first-order chi connectivity index (χ1) is 8.33. The summed E-state index contributed by atoms with van der Waals surface area (Å²) in [7, 11) is 0. The molecule has 0 saturated heterocycles. The van der Waals surface area contributed by atoms with Crippen LogP contribution in [0, 0.1) is 0 Å². The van der Waals surface area contributed by atoms with Crippen LogP contribution >= 0.6 is 27.3 Å². The molecule has 0 spiro atoms. The summed E-state index contributed by atoms with van der Waals surface area (Å²) < 4.78 is 8.29. The summed E-state index contributed by atoms with van der Waals surface area (Å²) in [5.74, 6) is 0.540. The van der Waals surface area contributed by atoms with E-state index >= 15 is 0 Å². The van der Waals surface area contributed by atoms with Crippen molar-refractivity contribution in [1.29, 1.82) is 0 Å². The van der Waals surface area contributed by atoms with Crippen LogP contribution in [0.4, 0.5) is 0 Å². The third-order valence-corrected chi connectivity index (χ3v) is 3.48. The van der Waals surface area contributed by atoms with Crippen molar-refractivity contribution < 1.29 is 4.74 Å². The fraction of sp³-hybridized carbons (Fsp3) is 0.0909. The Morgan fingerprint density at radius 1 is 1.47 bits per heavy atom. The van der Waals surface area contributed by atoms with Crippen LogP contribution in [0.15, 0.2) is 40.7 Å². The Bertz CT molecular complexity index is 635. The maximum Gasteiger partial charge on any atom is 0.259 e. The molecule has 0 unspecified atom stereocenters. The maximum atomic E-state index is 5.69. The van der Waals surface area contributed by atoms with E-state index in [1.807, 2.05) is 34.3 Å². The molecule has 4 nitrogen and oxygen atoms in total. The summed E-state index contributed by atoms with van der Waals surface area (Å²) >= 11 is 5.01. The number of halogens is 1. The van der Waals surface area contributed by atoms with Crippen LogP contribution in [-0.4, -0.2) is 14.4 Å². The van der Waals surface area contributed by atoms with Gasteiger partial charge in [-0.25, -0.2) is 9.97 Å². The largest absolute Gasteiger partial charge is 0.469 e. The predicted octanol–water partition coefficient (Wildman–Crippen LogP) is 3.13. The van der Waals surface area contributed by atoms with Gasteiger partial charge in [-0.1, -0.05) is 6.07 Å². The van der Waals surface area contributed by atoms with E-state index in [0.29, 0.717) is 12.5 Å². The fourth-order valence-electron chi connectivity index (χ4n) is 1.50. The molecule has 0 aliphatic rings. The van der Waals surface area contributed by atoms with E-state index in [4.69, 9.17) is 4.74 Å². The van der Waals surface area contributed by atoms with Crippen molar-refractivity contribution in [2.75, 3.05) is 0 Å². The summed E-state index contributed by atoms with van der Waals surface area (Å²) in [4.78, 5) is 9.67. The van der Waals surface area contributed by atoms with Gasteiger partial charge < -0.3 is 4.74 Å². The first-order valence-corrected chi connectivity index (χ1v) is 6.64. The number of imidazole rings is 1. The lowest BCUT2D eigenvalue weighted by atomic mass is 10.5. The molecule has 0 N–H and O–H groups in total. The van der Waals surface area contributed by atoms with Gasteiger partial charge in [0.15, 0.2) is 0 Å². The number of nitrogens with zero attached hydrogens (tertiary/aromatic N) is 3. The summed E-state index contributed by atoms with van der Waals surface area (Å²) in [5, 5.41) is 2.03. The third-order valence-electron chi connectivity index (χ3n) is 2.25. The highest BCUT2D eigenvalue weighted by molar-refractivity contribution is 9.10. The van der Waals surface area contributed by atoms with Crippen LogP contribution in [0.3, 0.4) is 0 Å². The Morgan fingerprint density at radius 3 is 3.24 bits per heavy atom. The predicted molar refractivity (Wildman–Crippen MR) is 69.3 cm³/mol. The molecule has 17 heavy (non-hydrogen) atoms. The van der Waals surface area contributed by atoms with E-state index < -0.39 is 0 Å². The zero-order chi connectivity index (χ0) is 11.7. The lowest BCUT2D eigenvalue weighted by Gasteiger charge is -2.05. The van der Waals surface area contributed by atoms with Gasteiger partial charge in [-0.05, 0) is 27.4 Å². The van der Waals surface area contributed by atoms with Gasteiger partial charge in [0.2, 0.25) is 5.65 Å². The Morgan fingerprint density at radius 2 is 2.41 bits per heavy atom. The van der Waals surface area contributed by atoms with Crippen LogP contribution < -0.4 is 4.74 Å². The molecule has 0 fully saturated rings.